The molecule has 6 heterocycles. The van der Waals surface area contributed by atoms with Gasteiger partial charge in [0.2, 0.25) is 0 Å². The molecule has 1 saturated carbocycles. The van der Waals surface area contributed by atoms with Crippen molar-refractivity contribution >= 4 is 39.2 Å². The van der Waals surface area contributed by atoms with Crippen molar-refractivity contribution in [2.45, 2.75) is 39.2 Å². The molecule has 9 nitrogen and oxygen atoms in total. The maximum atomic E-state index is 11.8. The van der Waals surface area contributed by atoms with Crippen molar-refractivity contribution in [3.63, 3.8) is 0 Å². The van der Waals surface area contributed by atoms with E-state index in [0.29, 0.717) is 16.3 Å². The highest BCUT2D eigenvalue weighted by atomic mass is 32.1. The number of hydrogen-bond acceptors (Lipinski definition) is 8. The Kier molecular flexibility index (Phi) is 6.41. The number of imidazole rings is 1. The maximum absolute atomic E-state index is 11.8. The fourth-order valence-electron chi connectivity index (χ4n) is 5.50. The molecule has 0 radical (unpaired) electrons. The van der Waals surface area contributed by atoms with Crippen molar-refractivity contribution in [3.8, 4) is 33.2 Å². The van der Waals surface area contributed by atoms with Crippen LogP contribution >= 0.6 is 11.3 Å². The molecule has 0 unspecified atom stereocenters. The normalized spacial score (nSPS) is 14.0. The average molecular weight is 549 g/mol. The molecule has 1 aliphatic carbocycles. The van der Waals surface area contributed by atoms with Crippen LogP contribution in [0.25, 0.3) is 55.3 Å². The van der Waals surface area contributed by atoms with Gasteiger partial charge in [-0.2, -0.15) is 5.10 Å². The number of rotatable bonds is 8. The van der Waals surface area contributed by atoms with Gasteiger partial charge in [-0.15, -0.1) is 11.3 Å². The first-order valence-electron chi connectivity index (χ1n) is 13.6. The molecule has 6 aromatic rings. The summed E-state index contributed by atoms with van der Waals surface area (Å²) in [6.07, 6.45) is 12.8. The lowest BCUT2D eigenvalue weighted by molar-refractivity contribution is 0.102. The van der Waals surface area contributed by atoms with E-state index in [0.717, 1.165) is 68.4 Å². The van der Waals surface area contributed by atoms with E-state index in [2.05, 4.69) is 47.6 Å². The SMILES string of the molecule is CC(=O)c1ccc(-c2nccc3[nH]c(-c4[nH]nc5ncc(-c6cncc(CNCC7CCCC7)c6)cc45)nc23)s1. The average Bonchev–Trinajstić information content (AvgIpc) is 3.78. The van der Waals surface area contributed by atoms with Crippen molar-refractivity contribution in [2.75, 3.05) is 6.54 Å². The van der Waals surface area contributed by atoms with Crippen LogP contribution in [0.5, 0.6) is 0 Å². The summed E-state index contributed by atoms with van der Waals surface area (Å²) in [6.45, 7) is 3.44. The lowest BCUT2D eigenvalue weighted by Gasteiger charge is -2.11. The minimum atomic E-state index is 0.0412. The number of thiophene rings is 1. The first-order valence-corrected chi connectivity index (χ1v) is 14.4. The van der Waals surface area contributed by atoms with Crippen LogP contribution in [0.4, 0.5) is 0 Å². The molecule has 0 aliphatic heterocycles. The number of aromatic nitrogens is 7. The molecular weight excluding hydrogens is 520 g/mol. The Morgan fingerprint density at radius 1 is 1.07 bits per heavy atom. The van der Waals surface area contributed by atoms with Gasteiger partial charge in [0, 0.05) is 42.5 Å². The van der Waals surface area contributed by atoms with E-state index in [1.165, 1.54) is 37.0 Å². The van der Waals surface area contributed by atoms with Gasteiger partial charge in [-0.3, -0.25) is 19.9 Å². The van der Waals surface area contributed by atoms with Gasteiger partial charge < -0.3 is 10.3 Å². The summed E-state index contributed by atoms with van der Waals surface area (Å²) in [5, 5.41) is 12.0. The molecule has 0 bridgehead atoms. The number of H-pyrrole nitrogens is 2. The van der Waals surface area contributed by atoms with Crippen LogP contribution in [-0.4, -0.2) is 47.4 Å². The summed E-state index contributed by atoms with van der Waals surface area (Å²) in [4.78, 5) is 35.4. The summed E-state index contributed by atoms with van der Waals surface area (Å²) in [6, 6.07) is 9.91. The summed E-state index contributed by atoms with van der Waals surface area (Å²) in [5.41, 5.74) is 6.83. The second-order valence-corrected chi connectivity index (χ2v) is 11.5. The fourth-order valence-corrected chi connectivity index (χ4v) is 6.40. The van der Waals surface area contributed by atoms with Gasteiger partial charge in [0.1, 0.15) is 16.9 Å². The number of aromatic amines is 2. The van der Waals surface area contributed by atoms with Gasteiger partial charge in [0.15, 0.2) is 17.3 Å². The molecule has 3 N–H and O–H groups in total. The third kappa shape index (κ3) is 4.69. The van der Waals surface area contributed by atoms with Crippen LogP contribution in [0.15, 0.2) is 55.1 Å². The second kappa shape index (κ2) is 10.4. The standard InChI is InChI=1S/C30H28N8OS/c1-17(39)24-6-7-25(40-24)28-27-23(8-9-33-28)35-30(36-27)26-22-11-21(16-34-29(22)38-37-26)20-10-19(14-32-15-20)13-31-12-18-4-2-3-5-18/h6-11,14-16,18,31H,2-5,12-13H2,1H3,(H,35,36)(H,34,37,38). The second-order valence-electron chi connectivity index (χ2n) is 10.4. The molecule has 0 saturated heterocycles. The number of hydrogen-bond donors (Lipinski definition) is 3. The van der Waals surface area contributed by atoms with E-state index in [9.17, 15) is 4.79 Å². The number of carbonyl (C=O) groups excluding carboxylic acids is 1. The molecule has 10 heteroatoms. The van der Waals surface area contributed by atoms with Gasteiger partial charge in [-0.05, 0) is 68.1 Å². The van der Waals surface area contributed by atoms with E-state index < -0.39 is 0 Å². The van der Waals surface area contributed by atoms with Crippen LogP contribution in [0.2, 0.25) is 0 Å². The zero-order valence-electron chi connectivity index (χ0n) is 22.1. The molecule has 1 aliphatic rings. The van der Waals surface area contributed by atoms with Crippen molar-refractivity contribution in [1.82, 2.24) is 40.4 Å². The highest BCUT2D eigenvalue weighted by Crippen LogP contribution is 2.34. The molecule has 0 spiro atoms. The quantitative estimate of drug-likeness (QED) is 0.194. The molecule has 1 fully saturated rings. The summed E-state index contributed by atoms with van der Waals surface area (Å²) in [7, 11) is 0. The minimum Gasteiger partial charge on any atom is -0.337 e. The fraction of sp³-hybridized carbons (Fsp3) is 0.267. The maximum Gasteiger partial charge on any atom is 0.181 e. The Labute approximate surface area is 234 Å². The van der Waals surface area contributed by atoms with E-state index >= 15 is 0 Å². The molecular formula is C30H28N8OS. The summed E-state index contributed by atoms with van der Waals surface area (Å²) in [5.74, 6) is 1.49. The Morgan fingerprint density at radius 3 is 2.80 bits per heavy atom. The predicted molar refractivity (Wildman–Crippen MR) is 157 cm³/mol. The smallest absolute Gasteiger partial charge is 0.181 e. The molecule has 0 amide bonds. The summed E-state index contributed by atoms with van der Waals surface area (Å²) < 4.78 is 0. The lowest BCUT2D eigenvalue weighted by atomic mass is 10.1. The van der Waals surface area contributed by atoms with E-state index in [-0.39, 0.29) is 5.78 Å². The Bertz CT molecular complexity index is 1850. The van der Waals surface area contributed by atoms with Crippen molar-refractivity contribution in [1.29, 1.82) is 0 Å². The monoisotopic (exact) mass is 548 g/mol. The van der Waals surface area contributed by atoms with Crippen LogP contribution in [0, 0.1) is 5.92 Å². The van der Waals surface area contributed by atoms with Crippen LogP contribution in [-0.2, 0) is 6.54 Å². The molecule has 6 aromatic heterocycles. The Balaban J connectivity index is 1.20. The van der Waals surface area contributed by atoms with Gasteiger partial charge in [0.05, 0.1) is 20.7 Å². The van der Waals surface area contributed by atoms with Gasteiger partial charge >= 0.3 is 0 Å². The number of fused-ring (bicyclic) bond motifs is 2. The Morgan fingerprint density at radius 2 is 1.95 bits per heavy atom. The molecule has 40 heavy (non-hydrogen) atoms. The topological polar surface area (TPSA) is 125 Å². The number of ketones is 1. The van der Waals surface area contributed by atoms with Gasteiger partial charge in [-0.25, -0.2) is 9.97 Å². The first kappa shape index (κ1) is 24.7. The third-order valence-corrected chi connectivity index (χ3v) is 8.79. The molecule has 200 valence electrons. The first-order chi connectivity index (χ1) is 19.6. The number of nitrogens with one attached hydrogen (secondary N) is 3. The molecule has 0 aromatic carbocycles. The van der Waals surface area contributed by atoms with Crippen LogP contribution in [0.1, 0.15) is 47.8 Å². The molecule has 0 atom stereocenters. The number of Topliss-reactive ketones (excluding diaryl/α,β-unsaturated/α-hetero) is 1. The zero-order chi connectivity index (χ0) is 27.1. The van der Waals surface area contributed by atoms with Crippen molar-refractivity contribution in [3.05, 3.63) is 65.6 Å². The van der Waals surface area contributed by atoms with E-state index in [1.54, 1.807) is 13.1 Å². The number of nitrogens with zero attached hydrogens (tertiary/aromatic N) is 5. The Hall–Kier alpha value is -4.28. The highest BCUT2D eigenvalue weighted by Gasteiger charge is 2.18. The number of carbonyl (C=O) groups is 1. The summed E-state index contributed by atoms with van der Waals surface area (Å²) >= 11 is 1.42. The van der Waals surface area contributed by atoms with E-state index in [4.69, 9.17) is 4.98 Å². The van der Waals surface area contributed by atoms with E-state index in [1.807, 2.05) is 36.8 Å². The van der Waals surface area contributed by atoms with Crippen molar-refractivity contribution < 1.29 is 4.79 Å². The van der Waals surface area contributed by atoms with Crippen LogP contribution in [0.3, 0.4) is 0 Å². The van der Waals surface area contributed by atoms with Crippen LogP contribution < -0.4 is 5.32 Å². The van der Waals surface area contributed by atoms with Gasteiger partial charge in [0.25, 0.3) is 0 Å². The van der Waals surface area contributed by atoms with Crippen molar-refractivity contribution in [2.24, 2.45) is 5.92 Å². The largest absolute Gasteiger partial charge is 0.337 e. The molecule has 7 rings (SSSR count). The minimum absolute atomic E-state index is 0.0412. The highest BCUT2D eigenvalue weighted by molar-refractivity contribution is 7.17. The number of pyridine rings is 3. The third-order valence-electron chi connectivity index (χ3n) is 7.60. The van der Waals surface area contributed by atoms with Gasteiger partial charge in [-0.1, -0.05) is 12.8 Å². The lowest BCUT2D eigenvalue weighted by Crippen LogP contribution is -2.20. The zero-order valence-corrected chi connectivity index (χ0v) is 22.9. The predicted octanol–water partition coefficient (Wildman–Crippen LogP) is 6.17.